The van der Waals surface area contributed by atoms with Crippen LogP contribution in [0, 0.1) is 13.8 Å². The number of benzene rings is 2. The normalized spacial score (nSPS) is 11.2. The van der Waals surface area contributed by atoms with Crippen molar-refractivity contribution in [3.05, 3.63) is 88.7 Å². The molecule has 0 saturated heterocycles. The number of fused-ring (bicyclic) bond motifs is 1. The molecule has 0 aliphatic heterocycles. The highest BCUT2D eigenvalue weighted by Gasteiger charge is 2.13. The number of pyridine rings is 1. The third-order valence-corrected chi connectivity index (χ3v) is 4.76. The van der Waals surface area contributed by atoms with Crippen LogP contribution in [0.1, 0.15) is 16.8 Å². The molecule has 0 spiro atoms. The average molecular weight is 419 g/mol. The van der Waals surface area contributed by atoms with E-state index in [1.54, 1.807) is 18.2 Å². The van der Waals surface area contributed by atoms with Gasteiger partial charge in [0.2, 0.25) is 0 Å². The molecule has 0 unspecified atom stereocenters. The summed E-state index contributed by atoms with van der Waals surface area (Å²) >= 11 is 6.02. The maximum Gasteiger partial charge on any atom is 0.437 e. The Hall–Kier alpha value is -3.64. The van der Waals surface area contributed by atoms with E-state index in [2.05, 4.69) is 10.5 Å². The largest absolute Gasteiger partial charge is 0.437 e. The van der Waals surface area contributed by atoms with Gasteiger partial charge < -0.3 is 0 Å². The summed E-state index contributed by atoms with van der Waals surface area (Å²) in [5.41, 5.74) is 5.82. The number of nitrogens with zero attached hydrogens (tertiary/aromatic N) is 3. The zero-order valence-electron chi connectivity index (χ0n) is 16.5. The van der Waals surface area contributed by atoms with Crippen molar-refractivity contribution in [1.29, 1.82) is 0 Å². The number of anilines is 1. The number of aromatic nitrogens is 2. The topological polar surface area (TPSA) is 68.0 Å². The van der Waals surface area contributed by atoms with Gasteiger partial charge in [-0.3, -0.25) is 14.6 Å². The Morgan fingerprint density at radius 2 is 1.87 bits per heavy atom. The predicted molar refractivity (Wildman–Crippen MR) is 119 cm³/mol. The SMILES string of the molecule is Cc1cccc(NC(=O)ON=Cc2c(-c3ccc(Cl)cc3)nc3cc(C)ccn23)c1. The van der Waals surface area contributed by atoms with Crippen molar-refractivity contribution in [3.63, 3.8) is 0 Å². The highest BCUT2D eigenvalue weighted by atomic mass is 35.5. The molecule has 0 fully saturated rings. The molecular formula is C23H19ClN4O2. The first-order valence-electron chi connectivity index (χ1n) is 9.32. The molecule has 1 N–H and O–H groups in total. The van der Waals surface area contributed by atoms with Crippen LogP contribution in [-0.4, -0.2) is 21.7 Å². The number of nitrogens with one attached hydrogen (secondary N) is 1. The van der Waals surface area contributed by atoms with Gasteiger partial charge in [0, 0.05) is 22.5 Å². The van der Waals surface area contributed by atoms with Crippen molar-refractivity contribution < 1.29 is 9.63 Å². The van der Waals surface area contributed by atoms with E-state index in [9.17, 15) is 4.79 Å². The van der Waals surface area contributed by atoms with Crippen molar-refractivity contribution in [3.8, 4) is 11.3 Å². The maximum absolute atomic E-state index is 12.1. The van der Waals surface area contributed by atoms with Crippen LogP contribution in [0.15, 0.2) is 72.0 Å². The number of hydrogen-bond acceptors (Lipinski definition) is 4. The summed E-state index contributed by atoms with van der Waals surface area (Å²) in [5, 5.41) is 7.18. The summed E-state index contributed by atoms with van der Waals surface area (Å²) in [5.74, 6) is 0. The number of rotatable bonds is 4. The Morgan fingerprint density at radius 1 is 1.10 bits per heavy atom. The average Bonchev–Trinajstić information content (AvgIpc) is 3.06. The molecular weight excluding hydrogens is 400 g/mol. The van der Waals surface area contributed by atoms with Crippen molar-refractivity contribution in [1.82, 2.24) is 9.38 Å². The minimum absolute atomic E-state index is 0.641. The number of amides is 1. The van der Waals surface area contributed by atoms with E-state index in [0.717, 1.165) is 22.3 Å². The molecule has 30 heavy (non-hydrogen) atoms. The van der Waals surface area contributed by atoms with Crippen LogP contribution in [-0.2, 0) is 4.84 Å². The fourth-order valence-electron chi connectivity index (χ4n) is 3.10. The molecule has 2 aromatic heterocycles. The molecule has 0 atom stereocenters. The Balaban J connectivity index is 1.61. The minimum atomic E-state index is -0.672. The zero-order valence-corrected chi connectivity index (χ0v) is 17.2. The standard InChI is InChI=1S/C23H19ClN4O2/c1-15-4-3-5-19(12-15)26-23(29)30-25-14-20-22(17-6-8-18(24)9-7-17)27-21-13-16(2)10-11-28(20)21/h3-14H,1-2H3,(H,26,29). The van der Waals surface area contributed by atoms with Gasteiger partial charge in [-0.05, 0) is 61.4 Å². The molecule has 7 heteroatoms. The molecule has 0 radical (unpaired) electrons. The van der Waals surface area contributed by atoms with Gasteiger partial charge >= 0.3 is 6.09 Å². The fraction of sp³-hybridized carbons (Fsp3) is 0.0870. The Labute approximate surface area is 178 Å². The first-order chi connectivity index (χ1) is 14.5. The molecule has 0 aliphatic carbocycles. The van der Waals surface area contributed by atoms with Gasteiger partial charge in [0.05, 0.1) is 17.6 Å². The van der Waals surface area contributed by atoms with Crippen LogP contribution in [0.25, 0.3) is 16.9 Å². The first-order valence-corrected chi connectivity index (χ1v) is 9.70. The number of hydrogen-bond donors (Lipinski definition) is 1. The number of oxime groups is 1. The lowest BCUT2D eigenvalue weighted by molar-refractivity contribution is 0.167. The van der Waals surface area contributed by atoms with Crippen LogP contribution in [0.5, 0.6) is 0 Å². The summed E-state index contributed by atoms with van der Waals surface area (Å²) in [6.45, 7) is 3.95. The second kappa shape index (κ2) is 8.39. The van der Waals surface area contributed by atoms with Crippen LogP contribution < -0.4 is 5.32 Å². The second-order valence-electron chi connectivity index (χ2n) is 6.89. The molecule has 2 aromatic carbocycles. The van der Waals surface area contributed by atoms with Crippen LogP contribution >= 0.6 is 11.6 Å². The molecule has 0 saturated carbocycles. The highest BCUT2D eigenvalue weighted by molar-refractivity contribution is 6.30. The summed E-state index contributed by atoms with van der Waals surface area (Å²) in [7, 11) is 0. The molecule has 1 amide bonds. The van der Waals surface area contributed by atoms with Gasteiger partial charge in [0.25, 0.3) is 0 Å². The highest BCUT2D eigenvalue weighted by Crippen LogP contribution is 2.25. The van der Waals surface area contributed by atoms with Crippen molar-refractivity contribution in [2.24, 2.45) is 5.16 Å². The molecule has 150 valence electrons. The second-order valence-corrected chi connectivity index (χ2v) is 7.33. The lowest BCUT2D eigenvalue weighted by Gasteiger charge is -2.04. The molecule has 0 bridgehead atoms. The molecule has 2 heterocycles. The van der Waals surface area contributed by atoms with E-state index in [-0.39, 0.29) is 0 Å². The number of aryl methyl sites for hydroxylation is 2. The van der Waals surface area contributed by atoms with Crippen LogP contribution in [0.4, 0.5) is 10.5 Å². The molecule has 4 aromatic rings. The van der Waals surface area contributed by atoms with Crippen LogP contribution in [0.2, 0.25) is 5.02 Å². The molecule has 4 rings (SSSR count). The Morgan fingerprint density at radius 3 is 2.63 bits per heavy atom. The molecule has 6 nitrogen and oxygen atoms in total. The van der Waals surface area contributed by atoms with Gasteiger partial charge in [-0.1, -0.05) is 41.0 Å². The minimum Gasteiger partial charge on any atom is -0.298 e. The van der Waals surface area contributed by atoms with E-state index in [0.29, 0.717) is 22.1 Å². The molecule has 0 aliphatic rings. The van der Waals surface area contributed by atoms with E-state index in [4.69, 9.17) is 21.4 Å². The summed E-state index contributed by atoms with van der Waals surface area (Å²) < 4.78 is 1.89. The zero-order chi connectivity index (χ0) is 21.1. The number of carbonyl (C=O) groups excluding carboxylic acids is 1. The third-order valence-electron chi connectivity index (χ3n) is 4.51. The fourth-order valence-corrected chi connectivity index (χ4v) is 3.22. The number of halogens is 1. The van der Waals surface area contributed by atoms with E-state index in [1.807, 2.05) is 66.9 Å². The first kappa shape index (κ1) is 19.7. The van der Waals surface area contributed by atoms with Crippen molar-refractivity contribution in [2.45, 2.75) is 13.8 Å². The monoisotopic (exact) mass is 418 g/mol. The predicted octanol–water partition coefficient (Wildman–Crippen LogP) is 5.85. The quantitative estimate of drug-likeness (QED) is 0.256. The Bertz CT molecular complexity index is 1250. The van der Waals surface area contributed by atoms with Gasteiger partial charge in [-0.15, -0.1) is 0 Å². The van der Waals surface area contributed by atoms with E-state index < -0.39 is 6.09 Å². The van der Waals surface area contributed by atoms with Gasteiger partial charge in [0.15, 0.2) is 0 Å². The van der Waals surface area contributed by atoms with Gasteiger partial charge in [-0.2, -0.15) is 0 Å². The van der Waals surface area contributed by atoms with Gasteiger partial charge in [-0.25, -0.2) is 9.78 Å². The number of imidazole rings is 1. The summed E-state index contributed by atoms with van der Waals surface area (Å²) in [6, 6.07) is 18.8. The van der Waals surface area contributed by atoms with Crippen molar-refractivity contribution in [2.75, 3.05) is 5.32 Å². The summed E-state index contributed by atoms with van der Waals surface area (Å²) in [6.07, 6.45) is 2.72. The Kier molecular flexibility index (Phi) is 5.50. The van der Waals surface area contributed by atoms with Crippen LogP contribution in [0.3, 0.4) is 0 Å². The van der Waals surface area contributed by atoms with Gasteiger partial charge in [0.1, 0.15) is 5.65 Å². The third kappa shape index (κ3) is 4.34. The van der Waals surface area contributed by atoms with Crippen molar-refractivity contribution >= 4 is 35.2 Å². The maximum atomic E-state index is 12.1. The summed E-state index contributed by atoms with van der Waals surface area (Å²) in [4.78, 5) is 21.8. The smallest absolute Gasteiger partial charge is 0.298 e. The van der Waals surface area contributed by atoms with E-state index in [1.165, 1.54) is 6.21 Å². The number of carbonyl (C=O) groups is 1. The van der Waals surface area contributed by atoms with E-state index >= 15 is 0 Å². The lowest BCUT2D eigenvalue weighted by Crippen LogP contribution is -2.11. The lowest BCUT2D eigenvalue weighted by atomic mass is 10.1.